The standard InChI is InChI=1S/C56H52ClN11O5S/c1-32-33(2)74-56-51(32)52(35-11-15-38(57)16-12-35)62-47(54-65-64-34(3)67(54)56)28-40(69)8-7-22-72-24-25-73-23-21-59-55(71)37-13-19-48-45(27-37)63-53(68(48)39-17-18-43-36(26-39)14-20-50(70)61-43)42-29-46(49-30-58-31-66(49)4)60-44-10-6-5-9-41(42)44/h5-6,9-13,15-19,26-27,29-31,47H,7-8,14,20-25,28H2,1-4H3,(H,59,71)(H,61,70)/t47-/m0/s1. The summed E-state index contributed by atoms with van der Waals surface area (Å²) in [7, 11) is 1.94. The fraction of sp³-hybridized carbons (Fsp3) is 0.268. The average Bonchev–Trinajstić information content (AvgIpc) is 4.17. The lowest BCUT2D eigenvalue weighted by molar-refractivity contribution is -0.120. The number of para-hydroxylation sites is 1. The summed E-state index contributed by atoms with van der Waals surface area (Å²) in [5.74, 6) is 1.89. The third kappa shape index (κ3) is 9.54. The van der Waals surface area contributed by atoms with E-state index < -0.39 is 6.04 Å². The molecule has 4 aromatic carbocycles. The molecule has 7 heterocycles. The van der Waals surface area contributed by atoms with Crippen molar-refractivity contribution >= 4 is 73.9 Å². The van der Waals surface area contributed by atoms with Gasteiger partial charge in [0.05, 0.1) is 66.0 Å². The summed E-state index contributed by atoms with van der Waals surface area (Å²) >= 11 is 7.94. The molecule has 0 unspecified atom stereocenters. The quantitative estimate of drug-likeness (QED) is 0.0832. The Hall–Kier alpha value is -7.70. The predicted octanol–water partition coefficient (Wildman–Crippen LogP) is 9.84. The molecule has 0 fully saturated rings. The van der Waals surface area contributed by atoms with Gasteiger partial charge in [-0.1, -0.05) is 41.9 Å². The molecule has 74 heavy (non-hydrogen) atoms. The number of benzene rings is 4. The molecule has 2 aliphatic heterocycles. The van der Waals surface area contributed by atoms with E-state index in [1.165, 1.54) is 4.88 Å². The molecule has 0 saturated heterocycles. The molecule has 0 radical (unpaired) electrons. The molecule has 0 aliphatic carbocycles. The van der Waals surface area contributed by atoms with Crippen LogP contribution in [0.3, 0.4) is 0 Å². The number of carbonyl (C=O) groups is 3. The first kappa shape index (κ1) is 48.6. The second-order valence-corrected chi connectivity index (χ2v) is 20.2. The van der Waals surface area contributed by atoms with Crippen molar-refractivity contribution in [2.24, 2.45) is 12.0 Å². The van der Waals surface area contributed by atoms with E-state index in [9.17, 15) is 14.4 Å². The molecular formula is C56H52ClN11O5S. The number of thiophene rings is 1. The van der Waals surface area contributed by atoms with E-state index in [0.717, 1.165) is 83.5 Å². The predicted molar refractivity (Wildman–Crippen MR) is 287 cm³/mol. The number of ketones is 1. The van der Waals surface area contributed by atoms with Crippen LogP contribution in [0.1, 0.15) is 80.9 Å². The molecule has 2 N–H and O–H groups in total. The van der Waals surface area contributed by atoms with Gasteiger partial charge >= 0.3 is 0 Å². The lowest BCUT2D eigenvalue weighted by Gasteiger charge is -2.19. The summed E-state index contributed by atoms with van der Waals surface area (Å²) in [6.07, 6.45) is 5.65. The van der Waals surface area contributed by atoms with Gasteiger partial charge in [-0.25, -0.2) is 15.0 Å². The van der Waals surface area contributed by atoms with Crippen LogP contribution in [0.2, 0.25) is 5.02 Å². The van der Waals surface area contributed by atoms with E-state index in [4.69, 9.17) is 36.0 Å². The number of Topliss-reactive ketones (excluding diaryl/α,β-unsaturated/α-hetero) is 1. The van der Waals surface area contributed by atoms with Crippen LogP contribution in [-0.2, 0) is 32.5 Å². The second kappa shape index (κ2) is 20.7. The number of nitrogens with one attached hydrogen (secondary N) is 2. The summed E-state index contributed by atoms with van der Waals surface area (Å²) in [5, 5.41) is 17.5. The first-order valence-electron chi connectivity index (χ1n) is 24.6. The van der Waals surface area contributed by atoms with Crippen molar-refractivity contribution in [3.63, 3.8) is 0 Å². The number of hydrogen-bond donors (Lipinski definition) is 2. The van der Waals surface area contributed by atoms with Crippen LogP contribution in [0, 0.1) is 20.8 Å². The number of aliphatic imine (C=N–C) groups is 1. The van der Waals surface area contributed by atoms with Crippen molar-refractivity contribution < 1.29 is 23.9 Å². The van der Waals surface area contributed by atoms with Gasteiger partial charge in [0.25, 0.3) is 5.91 Å². The van der Waals surface area contributed by atoms with Gasteiger partial charge in [0.15, 0.2) is 5.82 Å². The van der Waals surface area contributed by atoms with Crippen molar-refractivity contribution in [3.8, 4) is 33.5 Å². The largest absolute Gasteiger partial charge is 0.379 e. The molecule has 0 saturated carbocycles. The van der Waals surface area contributed by atoms with Gasteiger partial charge < -0.3 is 24.7 Å². The number of carbonyl (C=O) groups excluding carboxylic acids is 3. The molecule has 0 spiro atoms. The highest BCUT2D eigenvalue weighted by molar-refractivity contribution is 7.15. The maximum atomic E-state index is 13.6. The lowest BCUT2D eigenvalue weighted by atomic mass is 9.99. The molecular weight excluding hydrogens is 974 g/mol. The minimum absolute atomic E-state index is 0.00301. The number of amides is 2. The fourth-order valence-corrected chi connectivity index (χ4v) is 11.1. The molecule has 5 aromatic heterocycles. The van der Waals surface area contributed by atoms with Crippen LogP contribution in [0.15, 0.2) is 109 Å². The topological polar surface area (TPSA) is 185 Å². The number of aryl methyl sites for hydroxylation is 4. The number of rotatable bonds is 17. The van der Waals surface area contributed by atoms with Crippen LogP contribution in [0.5, 0.6) is 0 Å². The molecule has 18 heteroatoms. The highest BCUT2D eigenvalue weighted by Gasteiger charge is 2.32. The van der Waals surface area contributed by atoms with Crippen molar-refractivity contribution in [1.82, 2.24) is 44.2 Å². The van der Waals surface area contributed by atoms with Gasteiger partial charge in [0.2, 0.25) is 5.91 Å². The Bertz CT molecular complexity index is 3690. The third-order valence-electron chi connectivity index (χ3n) is 13.6. The third-order valence-corrected chi connectivity index (χ3v) is 15.1. The zero-order valence-corrected chi connectivity index (χ0v) is 42.9. The molecule has 9 aromatic rings. The lowest BCUT2D eigenvalue weighted by Crippen LogP contribution is -2.27. The van der Waals surface area contributed by atoms with Crippen LogP contribution in [0.4, 0.5) is 5.69 Å². The number of anilines is 1. The maximum Gasteiger partial charge on any atom is 0.251 e. The molecule has 2 amide bonds. The summed E-state index contributed by atoms with van der Waals surface area (Å²) in [6.45, 7) is 7.79. The van der Waals surface area contributed by atoms with E-state index in [-0.39, 0.29) is 30.6 Å². The number of aromatic nitrogens is 8. The van der Waals surface area contributed by atoms with Crippen LogP contribution in [-0.4, -0.2) is 95.1 Å². The number of pyridine rings is 1. The summed E-state index contributed by atoms with van der Waals surface area (Å²) in [6, 6.07) is 28.7. The zero-order chi connectivity index (χ0) is 51.0. The van der Waals surface area contributed by atoms with Crippen LogP contribution in [0.25, 0.3) is 55.4 Å². The van der Waals surface area contributed by atoms with E-state index in [0.29, 0.717) is 79.8 Å². The average molecular weight is 1030 g/mol. The summed E-state index contributed by atoms with van der Waals surface area (Å²) in [4.78, 5) is 60.3. The Morgan fingerprint density at radius 1 is 0.878 bits per heavy atom. The zero-order valence-electron chi connectivity index (χ0n) is 41.3. The Kier molecular flexibility index (Phi) is 13.6. The molecule has 16 nitrogen and oxygen atoms in total. The van der Waals surface area contributed by atoms with Gasteiger partial charge in [-0.05, 0) is 105 Å². The van der Waals surface area contributed by atoms with Gasteiger partial charge in [-0.15, -0.1) is 21.5 Å². The molecule has 2 aliphatic rings. The minimum Gasteiger partial charge on any atom is -0.379 e. The van der Waals surface area contributed by atoms with Crippen LogP contribution < -0.4 is 10.6 Å². The number of nitrogens with zero attached hydrogens (tertiary/aromatic N) is 9. The number of halogens is 1. The number of imidazole rings is 2. The SMILES string of the molecule is Cc1sc2c(c1C)C(c1ccc(Cl)cc1)=N[C@@H](CC(=O)CCCOCCOCCNC(=O)c1ccc3c(c1)nc(-c1cc(-c4cncn4C)nc4ccccc14)n3-c1ccc3c(c1)CCC(=O)N3)c1nnc(C)n1-2. The van der Waals surface area contributed by atoms with E-state index in [1.807, 2.05) is 97.4 Å². The first-order valence-corrected chi connectivity index (χ1v) is 25.8. The Morgan fingerprint density at radius 3 is 2.53 bits per heavy atom. The molecule has 374 valence electrons. The molecule has 1 atom stereocenters. The monoisotopic (exact) mass is 1030 g/mol. The second-order valence-electron chi connectivity index (χ2n) is 18.6. The first-order chi connectivity index (χ1) is 36.0. The van der Waals surface area contributed by atoms with Gasteiger partial charge in [0, 0.05) is 88.4 Å². The fourth-order valence-electron chi connectivity index (χ4n) is 9.75. The van der Waals surface area contributed by atoms with E-state index >= 15 is 0 Å². The summed E-state index contributed by atoms with van der Waals surface area (Å²) < 4.78 is 17.7. The smallest absolute Gasteiger partial charge is 0.251 e. The normalized spacial score (nSPS) is 14.1. The van der Waals surface area contributed by atoms with E-state index in [1.54, 1.807) is 29.9 Å². The van der Waals surface area contributed by atoms with Gasteiger partial charge in [0.1, 0.15) is 28.5 Å². The maximum absolute atomic E-state index is 13.6. The Morgan fingerprint density at radius 2 is 1.70 bits per heavy atom. The van der Waals surface area contributed by atoms with Gasteiger partial charge in [-0.2, -0.15) is 0 Å². The molecule has 0 bridgehead atoms. The number of hydrogen-bond acceptors (Lipinski definition) is 12. The van der Waals surface area contributed by atoms with Gasteiger partial charge in [-0.3, -0.25) is 28.5 Å². The Labute approximate surface area is 435 Å². The van der Waals surface area contributed by atoms with Crippen molar-refractivity contribution in [3.05, 3.63) is 153 Å². The number of fused-ring (bicyclic) bond motifs is 6. The van der Waals surface area contributed by atoms with Crippen molar-refractivity contribution in [1.29, 1.82) is 0 Å². The van der Waals surface area contributed by atoms with Crippen LogP contribution >= 0.6 is 22.9 Å². The molecule has 11 rings (SSSR count). The highest BCUT2D eigenvalue weighted by atomic mass is 35.5. The van der Waals surface area contributed by atoms with E-state index in [2.05, 4.69) is 54.9 Å². The summed E-state index contributed by atoms with van der Waals surface area (Å²) in [5.41, 5.74) is 11.8. The number of ether oxygens (including phenoxy) is 2. The van der Waals surface area contributed by atoms with Crippen molar-refractivity contribution in [2.75, 3.05) is 38.3 Å². The minimum atomic E-state index is -0.511. The highest BCUT2D eigenvalue weighted by Crippen LogP contribution is 2.41. The van der Waals surface area contributed by atoms with Crippen molar-refractivity contribution in [2.45, 2.75) is 58.9 Å². The Balaban J connectivity index is 0.707.